The number of aryl methyl sites for hydroxylation is 1. The van der Waals surface area contributed by atoms with E-state index in [0.717, 1.165) is 17.7 Å². The third-order valence-corrected chi connectivity index (χ3v) is 3.06. The maximum absolute atomic E-state index is 13.4. The van der Waals surface area contributed by atoms with Crippen LogP contribution in [0.4, 0.5) is 19.1 Å². The summed E-state index contributed by atoms with van der Waals surface area (Å²) in [6.45, 7) is 1.87. The molecule has 2 N–H and O–H groups in total. The zero-order chi connectivity index (χ0) is 14.4. The van der Waals surface area contributed by atoms with Gasteiger partial charge in [-0.1, -0.05) is 6.07 Å². The van der Waals surface area contributed by atoms with E-state index in [1.165, 1.54) is 4.57 Å². The molecular weight excluding hydrogens is 267 g/mol. The summed E-state index contributed by atoms with van der Waals surface area (Å²) in [7, 11) is 0. The lowest BCUT2D eigenvalue weighted by Crippen LogP contribution is -2.03. The molecule has 0 radical (unpaired) electrons. The van der Waals surface area contributed by atoms with E-state index < -0.39 is 17.5 Å². The van der Waals surface area contributed by atoms with Gasteiger partial charge in [-0.15, -0.1) is 0 Å². The van der Waals surface area contributed by atoms with E-state index in [1.807, 2.05) is 13.0 Å². The molecule has 6 heteroatoms. The molecule has 0 unspecified atom stereocenters. The molecule has 20 heavy (non-hydrogen) atoms. The minimum atomic E-state index is -1.51. The van der Waals surface area contributed by atoms with Crippen LogP contribution in [0.15, 0.2) is 30.3 Å². The standard InChI is InChI=1S/C14H10F3N3/c1-7-2-3-11-12(4-7)20(14(18)19-11)8-5-9(15)13(17)10(16)6-8/h2-6H,1H3,(H2,18,19). The normalized spacial score (nSPS) is 11.2. The first-order chi connectivity index (χ1) is 9.47. The van der Waals surface area contributed by atoms with Gasteiger partial charge in [-0.2, -0.15) is 0 Å². The molecule has 0 fully saturated rings. The second-order valence-corrected chi connectivity index (χ2v) is 4.52. The number of halogens is 3. The Kier molecular flexibility index (Phi) is 2.67. The lowest BCUT2D eigenvalue weighted by molar-refractivity contribution is 0.446. The van der Waals surface area contributed by atoms with Crippen molar-refractivity contribution in [3.63, 3.8) is 0 Å². The van der Waals surface area contributed by atoms with Gasteiger partial charge in [0, 0.05) is 12.1 Å². The van der Waals surface area contributed by atoms with Crippen molar-refractivity contribution in [2.45, 2.75) is 6.92 Å². The van der Waals surface area contributed by atoms with E-state index >= 15 is 0 Å². The number of aromatic nitrogens is 2. The molecule has 102 valence electrons. The number of hydrogen-bond donors (Lipinski definition) is 1. The fourth-order valence-electron chi connectivity index (χ4n) is 2.15. The molecule has 1 aromatic heterocycles. The van der Waals surface area contributed by atoms with E-state index in [9.17, 15) is 13.2 Å². The van der Waals surface area contributed by atoms with E-state index in [1.54, 1.807) is 12.1 Å². The first-order valence-electron chi connectivity index (χ1n) is 5.87. The molecule has 0 saturated heterocycles. The smallest absolute Gasteiger partial charge is 0.205 e. The van der Waals surface area contributed by atoms with Crippen molar-refractivity contribution in [2.75, 3.05) is 5.73 Å². The van der Waals surface area contributed by atoms with Crippen molar-refractivity contribution >= 4 is 17.0 Å². The largest absolute Gasteiger partial charge is 0.369 e. The summed E-state index contributed by atoms with van der Waals surface area (Å²) in [5.74, 6) is -3.97. The molecule has 3 aromatic rings. The molecule has 0 saturated carbocycles. The summed E-state index contributed by atoms with van der Waals surface area (Å²) in [4.78, 5) is 4.11. The van der Waals surface area contributed by atoms with Gasteiger partial charge in [-0.05, 0) is 24.6 Å². The lowest BCUT2D eigenvalue weighted by atomic mass is 10.2. The van der Waals surface area contributed by atoms with Crippen molar-refractivity contribution in [1.29, 1.82) is 0 Å². The summed E-state index contributed by atoms with van der Waals surface area (Å²) in [5, 5.41) is 0. The molecule has 0 aliphatic rings. The average Bonchev–Trinajstić information content (AvgIpc) is 2.70. The number of nitrogens with zero attached hydrogens (tertiary/aromatic N) is 2. The highest BCUT2D eigenvalue weighted by molar-refractivity contribution is 5.81. The topological polar surface area (TPSA) is 43.8 Å². The minimum absolute atomic E-state index is 0.0796. The van der Waals surface area contributed by atoms with Crippen LogP contribution in [0, 0.1) is 24.4 Å². The van der Waals surface area contributed by atoms with Gasteiger partial charge in [0.15, 0.2) is 17.5 Å². The van der Waals surface area contributed by atoms with Crippen LogP contribution in [0.2, 0.25) is 0 Å². The van der Waals surface area contributed by atoms with Crippen LogP contribution in [-0.4, -0.2) is 9.55 Å². The Hall–Kier alpha value is -2.50. The Bertz CT molecular complexity index is 801. The monoisotopic (exact) mass is 277 g/mol. The van der Waals surface area contributed by atoms with E-state index in [0.29, 0.717) is 11.0 Å². The van der Waals surface area contributed by atoms with Crippen LogP contribution >= 0.6 is 0 Å². The number of benzene rings is 2. The summed E-state index contributed by atoms with van der Waals surface area (Å²) >= 11 is 0. The van der Waals surface area contributed by atoms with Crippen molar-refractivity contribution in [3.05, 3.63) is 53.3 Å². The SMILES string of the molecule is Cc1ccc2nc(N)n(-c3cc(F)c(F)c(F)c3)c2c1. The van der Waals surface area contributed by atoms with Crippen molar-refractivity contribution in [1.82, 2.24) is 9.55 Å². The highest BCUT2D eigenvalue weighted by atomic mass is 19.2. The molecule has 0 atom stereocenters. The first-order valence-corrected chi connectivity index (χ1v) is 5.87. The number of anilines is 1. The summed E-state index contributed by atoms with van der Waals surface area (Å²) in [6, 6.07) is 7.17. The predicted octanol–water partition coefficient (Wildman–Crippen LogP) is 3.33. The fraction of sp³-hybridized carbons (Fsp3) is 0.0714. The van der Waals surface area contributed by atoms with Gasteiger partial charge in [0.05, 0.1) is 16.7 Å². The van der Waals surface area contributed by atoms with Crippen molar-refractivity contribution in [3.8, 4) is 5.69 Å². The van der Waals surface area contributed by atoms with Crippen LogP contribution in [0.25, 0.3) is 16.7 Å². The predicted molar refractivity (Wildman–Crippen MR) is 70.1 cm³/mol. The molecule has 0 aliphatic heterocycles. The lowest BCUT2D eigenvalue weighted by Gasteiger charge is -2.08. The van der Waals surface area contributed by atoms with Gasteiger partial charge in [0.2, 0.25) is 5.95 Å². The molecule has 0 spiro atoms. The molecular formula is C14H10F3N3. The zero-order valence-electron chi connectivity index (χ0n) is 10.5. The second kappa shape index (κ2) is 4.26. The number of nitrogen functional groups attached to an aromatic ring is 1. The van der Waals surface area contributed by atoms with E-state index in [2.05, 4.69) is 4.98 Å². The van der Waals surface area contributed by atoms with Crippen molar-refractivity contribution in [2.24, 2.45) is 0 Å². The molecule has 1 heterocycles. The molecule has 2 aromatic carbocycles. The van der Waals surface area contributed by atoms with Crippen LogP contribution < -0.4 is 5.73 Å². The molecule has 3 rings (SSSR count). The van der Waals surface area contributed by atoms with Gasteiger partial charge >= 0.3 is 0 Å². The third-order valence-electron chi connectivity index (χ3n) is 3.06. The van der Waals surface area contributed by atoms with Gasteiger partial charge in [-0.3, -0.25) is 4.57 Å². The van der Waals surface area contributed by atoms with Gasteiger partial charge in [-0.25, -0.2) is 18.2 Å². The summed E-state index contributed by atoms with van der Waals surface area (Å²) < 4.78 is 41.1. The summed E-state index contributed by atoms with van der Waals surface area (Å²) in [6.07, 6.45) is 0. The molecule has 3 nitrogen and oxygen atoms in total. The van der Waals surface area contributed by atoms with Crippen molar-refractivity contribution < 1.29 is 13.2 Å². The van der Waals surface area contributed by atoms with E-state index in [4.69, 9.17) is 5.73 Å². The molecule has 0 amide bonds. The maximum Gasteiger partial charge on any atom is 0.205 e. The maximum atomic E-state index is 13.4. The Morgan fingerprint density at radius 3 is 2.35 bits per heavy atom. The van der Waals surface area contributed by atoms with Crippen LogP contribution in [0.5, 0.6) is 0 Å². The molecule has 0 aliphatic carbocycles. The Labute approximate surface area is 112 Å². The Balaban J connectivity index is 2.34. The van der Waals surface area contributed by atoms with E-state index in [-0.39, 0.29) is 11.6 Å². The van der Waals surface area contributed by atoms with Gasteiger partial charge in [0.25, 0.3) is 0 Å². The zero-order valence-corrected chi connectivity index (χ0v) is 10.5. The average molecular weight is 277 g/mol. The number of hydrogen-bond acceptors (Lipinski definition) is 2. The highest BCUT2D eigenvalue weighted by Gasteiger charge is 2.15. The fourth-order valence-corrected chi connectivity index (χ4v) is 2.15. The number of imidazole rings is 1. The van der Waals surface area contributed by atoms with Crippen LogP contribution in [0.3, 0.4) is 0 Å². The Morgan fingerprint density at radius 2 is 1.70 bits per heavy atom. The molecule has 0 bridgehead atoms. The quantitative estimate of drug-likeness (QED) is 0.693. The van der Waals surface area contributed by atoms with Gasteiger partial charge < -0.3 is 5.73 Å². The second-order valence-electron chi connectivity index (χ2n) is 4.52. The Morgan fingerprint density at radius 1 is 1.05 bits per heavy atom. The number of rotatable bonds is 1. The van der Waals surface area contributed by atoms with Crippen LogP contribution in [0.1, 0.15) is 5.56 Å². The van der Waals surface area contributed by atoms with Crippen LogP contribution in [-0.2, 0) is 0 Å². The third kappa shape index (κ3) is 1.80. The number of fused-ring (bicyclic) bond motifs is 1. The van der Waals surface area contributed by atoms with Gasteiger partial charge in [0.1, 0.15) is 0 Å². The summed E-state index contributed by atoms with van der Waals surface area (Å²) in [5.41, 5.74) is 8.02. The highest BCUT2D eigenvalue weighted by Crippen LogP contribution is 2.26. The number of nitrogens with two attached hydrogens (primary N) is 1. The first kappa shape index (κ1) is 12.5. The minimum Gasteiger partial charge on any atom is -0.369 e.